The van der Waals surface area contributed by atoms with Crippen LogP contribution in [0.4, 0.5) is 0 Å². The van der Waals surface area contributed by atoms with E-state index in [-0.39, 0.29) is 0 Å². The molecular formula is C13H16O2. The molecule has 1 fully saturated rings. The van der Waals surface area contributed by atoms with Crippen molar-refractivity contribution >= 4 is 0 Å². The van der Waals surface area contributed by atoms with E-state index in [9.17, 15) is 5.11 Å². The first-order valence-corrected chi connectivity index (χ1v) is 5.64. The van der Waals surface area contributed by atoms with E-state index in [1.165, 1.54) is 24.8 Å². The number of fused-ring (bicyclic) bond motifs is 1. The van der Waals surface area contributed by atoms with E-state index in [1.807, 2.05) is 13.0 Å². The van der Waals surface area contributed by atoms with Crippen molar-refractivity contribution in [1.82, 2.24) is 0 Å². The topological polar surface area (TPSA) is 29.5 Å². The number of hydrogen-bond donors (Lipinski definition) is 1. The Kier molecular flexibility index (Phi) is 1.76. The lowest BCUT2D eigenvalue weighted by molar-refractivity contribution is 0.0393. The minimum absolute atomic E-state index is 0.335. The zero-order valence-electron chi connectivity index (χ0n) is 9.05. The quantitative estimate of drug-likeness (QED) is 0.704. The van der Waals surface area contributed by atoms with Crippen LogP contribution in [0.25, 0.3) is 0 Å². The molecule has 0 atom stereocenters. The van der Waals surface area contributed by atoms with E-state index in [1.54, 1.807) is 0 Å². The monoisotopic (exact) mass is 204 g/mol. The maximum Gasteiger partial charge on any atom is 0.164 e. The van der Waals surface area contributed by atoms with Crippen molar-refractivity contribution in [1.29, 1.82) is 0 Å². The van der Waals surface area contributed by atoms with E-state index < -0.39 is 0 Å². The largest absolute Gasteiger partial charge is 0.504 e. The summed E-state index contributed by atoms with van der Waals surface area (Å²) in [5, 5.41) is 9.88. The fourth-order valence-electron chi connectivity index (χ4n) is 2.69. The van der Waals surface area contributed by atoms with Crippen LogP contribution in [0.15, 0.2) is 12.1 Å². The molecule has 0 amide bonds. The summed E-state index contributed by atoms with van der Waals surface area (Å²) in [5.41, 5.74) is 2.48. The van der Waals surface area contributed by atoms with Gasteiger partial charge in [0.1, 0.15) is 0 Å². The Bertz CT molecular complexity index is 405. The Balaban J connectivity index is 2.00. The van der Waals surface area contributed by atoms with Gasteiger partial charge in [0, 0.05) is 5.41 Å². The second kappa shape index (κ2) is 2.91. The fourth-order valence-corrected chi connectivity index (χ4v) is 2.69. The summed E-state index contributed by atoms with van der Waals surface area (Å²) in [5.74, 6) is 1.06. The molecule has 0 radical (unpaired) electrons. The van der Waals surface area contributed by atoms with Crippen LogP contribution in [-0.4, -0.2) is 11.7 Å². The second-order valence-corrected chi connectivity index (χ2v) is 5.04. The standard InChI is InChI=1S/C13H16O2/c1-9-3-4-10-7-13(5-2-6-13)8-15-12(10)11(9)14/h3-4,14H,2,5-8H2,1H3. The van der Waals surface area contributed by atoms with Crippen LogP contribution in [0, 0.1) is 12.3 Å². The highest BCUT2D eigenvalue weighted by molar-refractivity contribution is 5.52. The van der Waals surface area contributed by atoms with Gasteiger partial charge in [-0.15, -0.1) is 0 Å². The first-order valence-electron chi connectivity index (χ1n) is 5.64. The van der Waals surface area contributed by atoms with Crippen LogP contribution in [0.2, 0.25) is 0 Å². The van der Waals surface area contributed by atoms with E-state index in [0.29, 0.717) is 11.2 Å². The number of benzene rings is 1. The van der Waals surface area contributed by atoms with Gasteiger partial charge in [0.15, 0.2) is 11.5 Å². The van der Waals surface area contributed by atoms with Crippen molar-refractivity contribution in [2.24, 2.45) is 5.41 Å². The highest BCUT2D eigenvalue weighted by Crippen LogP contribution is 2.50. The third-order valence-electron chi connectivity index (χ3n) is 3.92. The smallest absolute Gasteiger partial charge is 0.164 e. The summed E-state index contributed by atoms with van der Waals surface area (Å²) in [6.07, 6.45) is 4.97. The Hall–Kier alpha value is -1.18. The Morgan fingerprint density at radius 2 is 2.13 bits per heavy atom. The first-order chi connectivity index (χ1) is 7.20. The van der Waals surface area contributed by atoms with Crippen molar-refractivity contribution in [2.75, 3.05) is 6.61 Å². The number of rotatable bonds is 0. The molecular weight excluding hydrogens is 188 g/mol. The third kappa shape index (κ3) is 1.24. The van der Waals surface area contributed by atoms with Gasteiger partial charge >= 0.3 is 0 Å². The van der Waals surface area contributed by atoms with Crippen molar-refractivity contribution in [2.45, 2.75) is 32.6 Å². The average Bonchev–Trinajstić information content (AvgIpc) is 2.21. The van der Waals surface area contributed by atoms with Gasteiger partial charge < -0.3 is 9.84 Å². The lowest BCUT2D eigenvalue weighted by Crippen LogP contribution is -2.40. The molecule has 0 saturated heterocycles. The molecule has 1 aliphatic carbocycles. The van der Waals surface area contributed by atoms with Gasteiger partial charge in [0.05, 0.1) is 6.61 Å². The summed E-state index contributed by atoms with van der Waals surface area (Å²) >= 11 is 0. The number of phenolic OH excluding ortho intramolecular Hbond substituents is 1. The molecule has 1 aromatic rings. The number of hydrogen-bond acceptors (Lipinski definition) is 2. The fraction of sp³-hybridized carbons (Fsp3) is 0.538. The average molecular weight is 204 g/mol. The molecule has 1 spiro atoms. The zero-order valence-corrected chi connectivity index (χ0v) is 9.05. The van der Waals surface area contributed by atoms with Crippen molar-refractivity contribution in [3.8, 4) is 11.5 Å². The van der Waals surface area contributed by atoms with Gasteiger partial charge in [0.2, 0.25) is 0 Å². The van der Waals surface area contributed by atoms with Gasteiger partial charge in [-0.2, -0.15) is 0 Å². The molecule has 1 N–H and O–H groups in total. The van der Waals surface area contributed by atoms with Crippen LogP contribution in [0.1, 0.15) is 30.4 Å². The molecule has 0 unspecified atom stereocenters. The molecule has 2 aliphatic rings. The number of ether oxygens (including phenoxy) is 1. The molecule has 1 heterocycles. The van der Waals surface area contributed by atoms with E-state index >= 15 is 0 Å². The molecule has 2 heteroatoms. The predicted octanol–water partition coefficient (Wildman–Crippen LogP) is 2.81. The minimum atomic E-state index is 0.335. The molecule has 3 rings (SSSR count). The molecule has 80 valence electrons. The zero-order chi connectivity index (χ0) is 10.5. The van der Waals surface area contributed by atoms with Gasteiger partial charge in [0.25, 0.3) is 0 Å². The summed E-state index contributed by atoms with van der Waals surface area (Å²) < 4.78 is 5.74. The molecule has 15 heavy (non-hydrogen) atoms. The van der Waals surface area contributed by atoms with Crippen molar-refractivity contribution in [3.63, 3.8) is 0 Å². The molecule has 0 bridgehead atoms. The minimum Gasteiger partial charge on any atom is -0.504 e. The molecule has 1 aromatic carbocycles. The number of aryl methyl sites for hydroxylation is 1. The molecule has 2 nitrogen and oxygen atoms in total. The third-order valence-corrected chi connectivity index (χ3v) is 3.92. The lowest BCUT2D eigenvalue weighted by atomic mass is 9.65. The number of phenols is 1. The molecule has 1 aliphatic heterocycles. The maximum absolute atomic E-state index is 9.88. The SMILES string of the molecule is Cc1ccc2c(c1O)OCC1(CCC1)C2. The van der Waals surface area contributed by atoms with E-state index in [4.69, 9.17) is 4.74 Å². The highest BCUT2D eigenvalue weighted by Gasteiger charge is 2.41. The summed E-state index contributed by atoms with van der Waals surface area (Å²) in [6, 6.07) is 4.08. The first kappa shape index (κ1) is 9.08. The molecule has 0 aromatic heterocycles. The van der Waals surface area contributed by atoms with Crippen LogP contribution in [-0.2, 0) is 6.42 Å². The van der Waals surface area contributed by atoms with Gasteiger partial charge in [-0.1, -0.05) is 18.6 Å². The maximum atomic E-state index is 9.88. The van der Waals surface area contributed by atoms with Crippen LogP contribution < -0.4 is 4.74 Å². The highest BCUT2D eigenvalue weighted by atomic mass is 16.5. The summed E-state index contributed by atoms with van der Waals surface area (Å²) in [4.78, 5) is 0. The molecule has 1 saturated carbocycles. The predicted molar refractivity (Wildman–Crippen MR) is 58.3 cm³/mol. The van der Waals surface area contributed by atoms with E-state index in [0.717, 1.165) is 24.3 Å². The summed E-state index contributed by atoms with van der Waals surface area (Å²) in [6.45, 7) is 2.70. The Morgan fingerprint density at radius 1 is 1.33 bits per heavy atom. The van der Waals surface area contributed by atoms with Crippen LogP contribution in [0.3, 0.4) is 0 Å². The normalized spacial score (nSPS) is 21.7. The van der Waals surface area contributed by atoms with Crippen LogP contribution in [0.5, 0.6) is 11.5 Å². The van der Waals surface area contributed by atoms with E-state index in [2.05, 4.69) is 6.07 Å². The Labute approximate surface area is 89.9 Å². The summed E-state index contributed by atoms with van der Waals surface area (Å²) in [7, 11) is 0. The van der Waals surface area contributed by atoms with Gasteiger partial charge in [-0.3, -0.25) is 0 Å². The van der Waals surface area contributed by atoms with Gasteiger partial charge in [-0.05, 0) is 37.3 Å². The number of aromatic hydroxyl groups is 1. The van der Waals surface area contributed by atoms with Crippen LogP contribution >= 0.6 is 0 Å². The van der Waals surface area contributed by atoms with Gasteiger partial charge in [-0.25, -0.2) is 0 Å². The lowest BCUT2D eigenvalue weighted by Gasteiger charge is -2.45. The van der Waals surface area contributed by atoms with Crippen molar-refractivity contribution in [3.05, 3.63) is 23.3 Å². The van der Waals surface area contributed by atoms with Crippen molar-refractivity contribution < 1.29 is 9.84 Å². The second-order valence-electron chi connectivity index (χ2n) is 5.04. The Morgan fingerprint density at radius 3 is 2.80 bits per heavy atom.